The summed E-state index contributed by atoms with van der Waals surface area (Å²) in [5.41, 5.74) is -0.136. The van der Waals surface area contributed by atoms with Gasteiger partial charge >= 0.3 is 0 Å². The predicted octanol–water partition coefficient (Wildman–Crippen LogP) is 2.55. The molecule has 2 N–H and O–H groups in total. The number of hydrogen-bond acceptors (Lipinski definition) is 4. The van der Waals surface area contributed by atoms with Gasteiger partial charge in [0.15, 0.2) is 5.82 Å². The van der Waals surface area contributed by atoms with Crippen LogP contribution in [0.4, 0.5) is 0 Å². The highest BCUT2D eigenvalue weighted by Gasteiger charge is 2.32. The molecule has 6 heteroatoms. The molecule has 1 aromatic rings. The Kier molecular flexibility index (Phi) is 4.95. The molecule has 1 aliphatic heterocycles. The highest BCUT2D eigenvalue weighted by Crippen LogP contribution is 2.38. The maximum Gasteiger partial charge on any atom is 0.237 e. The minimum atomic E-state index is -0.136. The van der Waals surface area contributed by atoms with Gasteiger partial charge in [0.25, 0.3) is 0 Å². The first kappa shape index (κ1) is 17.4. The van der Waals surface area contributed by atoms with Gasteiger partial charge in [-0.05, 0) is 66.0 Å². The Hall–Kier alpha value is -1.43. The number of aromatic amines is 1. The lowest BCUT2D eigenvalue weighted by Crippen LogP contribution is -2.53. The number of likely N-dealkylation sites (tertiary alicyclic amines) is 1. The first-order valence-electron chi connectivity index (χ1n) is 9.38. The predicted molar refractivity (Wildman–Crippen MR) is 93.9 cm³/mol. The van der Waals surface area contributed by atoms with E-state index in [2.05, 4.69) is 41.2 Å². The molecule has 2 fully saturated rings. The lowest BCUT2D eigenvalue weighted by atomic mass is 9.95. The Bertz CT molecular complexity index is 570. The highest BCUT2D eigenvalue weighted by molar-refractivity contribution is 5.82. The van der Waals surface area contributed by atoms with E-state index in [1.54, 1.807) is 0 Å². The number of rotatable bonds is 6. The second kappa shape index (κ2) is 6.82. The van der Waals surface area contributed by atoms with Crippen LogP contribution in [0.15, 0.2) is 0 Å². The van der Waals surface area contributed by atoms with E-state index in [0.717, 1.165) is 44.0 Å². The first-order chi connectivity index (χ1) is 11.4. The maximum absolute atomic E-state index is 12.5. The Balaban J connectivity index is 1.51. The minimum Gasteiger partial charge on any atom is -0.350 e. The quantitative estimate of drug-likeness (QED) is 0.839. The monoisotopic (exact) mass is 333 g/mol. The summed E-state index contributed by atoms with van der Waals surface area (Å²) in [6.45, 7) is 10.1. The van der Waals surface area contributed by atoms with Gasteiger partial charge in [0.2, 0.25) is 5.91 Å². The average molecular weight is 333 g/mol. The van der Waals surface area contributed by atoms with E-state index in [1.807, 2.05) is 6.92 Å². The number of H-pyrrole nitrogens is 1. The Labute approximate surface area is 144 Å². The zero-order valence-electron chi connectivity index (χ0n) is 15.4. The Morgan fingerprint density at radius 3 is 2.54 bits per heavy atom. The van der Waals surface area contributed by atoms with Gasteiger partial charge in [-0.2, -0.15) is 5.10 Å². The van der Waals surface area contributed by atoms with Crippen LogP contribution in [0, 0.1) is 0 Å². The van der Waals surface area contributed by atoms with E-state index >= 15 is 0 Å². The first-order valence-corrected chi connectivity index (χ1v) is 9.38. The molecule has 3 rings (SSSR count). The fourth-order valence-corrected chi connectivity index (χ4v) is 3.25. The lowest BCUT2D eigenvalue weighted by Gasteiger charge is -2.36. The molecular formula is C18H31N5O. The summed E-state index contributed by atoms with van der Waals surface area (Å²) in [4.78, 5) is 19.5. The molecule has 0 unspecified atom stereocenters. The van der Waals surface area contributed by atoms with Crippen molar-refractivity contribution < 1.29 is 4.79 Å². The zero-order valence-corrected chi connectivity index (χ0v) is 15.4. The molecule has 2 aliphatic rings. The maximum atomic E-state index is 12.5. The molecule has 0 radical (unpaired) electrons. The van der Waals surface area contributed by atoms with Crippen molar-refractivity contribution in [2.75, 3.05) is 13.1 Å². The molecule has 1 amide bonds. The van der Waals surface area contributed by atoms with Crippen LogP contribution in [0.1, 0.15) is 83.3 Å². The third-order valence-electron chi connectivity index (χ3n) is 5.65. The van der Waals surface area contributed by atoms with Crippen molar-refractivity contribution in [3.8, 4) is 0 Å². The molecule has 0 aromatic carbocycles. The Morgan fingerprint density at radius 2 is 1.96 bits per heavy atom. The molecule has 1 aliphatic carbocycles. The summed E-state index contributed by atoms with van der Waals surface area (Å²) in [5, 5.41) is 10.7. The summed E-state index contributed by atoms with van der Waals surface area (Å²) < 4.78 is 0. The number of carbonyl (C=O) groups is 1. The molecule has 1 saturated carbocycles. The summed E-state index contributed by atoms with van der Waals surface area (Å²) in [7, 11) is 0. The van der Waals surface area contributed by atoms with Crippen LogP contribution in [0.3, 0.4) is 0 Å². The molecular weight excluding hydrogens is 302 g/mol. The van der Waals surface area contributed by atoms with E-state index < -0.39 is 0 Å². The van der Waals surface area contributed by atoms with Gasteiger partial charge in [0.05, 0.1) is 6.04 Å². The van der Waals surface area contributed by atoms with Crippen LogP contribution in [0.5, 0.6) is 0 Å². The standard InChI is InChI=1S/C18H31N5O/c1-5-18(3,4)20-17(24)12(2)23-10-8-14(9-11-23)16-19-15(21-22-16)13-6-7-13/h12-14H,5-11H2,1-4H3,(H,20,24)(H,19,21,22)/t12-/m1/s1. The van der Waals surface area contributed by atoms with Crippen LogP contribution in [-0.2, 0) is 4.79 Å². The third kappa shape index (κ3) is 3.97. The average Bonchev–Trinajstić information content (AvgIpc) is 3.31. The van der Waals surface area contributed by atoms with Crippen molar-refractivity contribution in [3.05, 3.63) is 11.6 Å². The number of carbonyl (C=O) groups excluding carboxylic acids is 1. The molecule has 0 spiro atoms. The van der Waals surface area contributed by atoms with Crippen molar-refractivity contribution >= 4 is 5.91 Å². The van der Waals surface area contributed by atoms with E-state index in [-0.39, 0.29) is 17.5 Å². The highest BCUT2D eigenvalue weighted by atomic mass is 16.2. The molecule has 2 heterocycles. The lowest BCUT2D eigenvalue weighted by molar-refractivity contribution is -0.128. The van der Waals surface area contributed by atoms with Gasteiger partial charge in [0, 0.05) is 17.4 Å². The van der Waals surface area contributed by atoms with Gasteiger partial charge < -0.3 is 5.32 Å². The third-order valence-corrected chi connectivity index (χ3v) is 5.65. The van der Waals surface area contributed by atoms with Gasteiger partial charge in [0.1, 0.15) is 5.82 Å². The fraction of sp³-hybridized carbons (Fsp3) is 0.833. The summed E-state index contributed by atoms with van der Waals surface area (Å²) in [6.07, 6.45) is 5.47. The molecule has 6 nitrogen and oxygen atoms in total. The van der Waals surface area contributed by atoms with E-state index in [1.165, 1.54) is 12.8 Å². The molecule has 1 aromatic heterocycles. The topological polar surface area (TPSA) is 73.9 Å². The zero-order chi connectivity index (χ0) is 17.3. The minimum absolute atomic E-state index is 0.0754. The fourth-order valence-electron chi connectivity index (χ4n) is 3.25. The number of nitrogens with one attached hydrogen (secondary N) is 2. The van der Waals surface area contributed by atoms with Crippen LogP contribution in [0.2, 0.25) is 0 Å². The van der Waals surface area contributed by atoms with Crippen molar-refractivity contribution in [2.24, 2.45) is 0 Å². The van der Waals surface area contributed by atoms with Gasteiger partial charge in [-0.25, -0.2) is 4.98 Å². The number of aromatic nitrogens is 3. The normalized spacial score (nSPS) is 21.7. The molecule has 1 atom stereocenters. The van der Waals surface area contributed by atoms with Crippen LogP contribution in [-0.4, -0.2) is 50.7 Å². The van der Waals surface area contributed by atoms with Gasteiger partial charge in [-0.1, -0.05) is 6.92 Å². The molecule has 1 saturated heterocycles. The van der Waals surface area contributed by atoms with E-state index in [4.69, 9.17) is 4.98 Å². The number of nitrogens with zero attached hydrogens (tertiary/aromatic N) is 3. The van der Waals surface area contributed by atoms with Crippen molar-refractivity contribution in [1.29, 1.82) is 0 Å². The molecule has 0 bridgehead atoms. The van der Waals surface area contributed by atoms with Crippen molar-refractivity contribution in [1.82, 2.24) is 25.4 Å². The van der Waals surface area contributed by atoms with Crippen molar-refractivity contribution in [3.63, 3.8) is 0 Å². The number of amides is 1. The summed E-state index contributed by atoms with van der Waals surface area (Å²) >= 11 is 0. The summed E-state index contributed by atoms with van der Waals surface area (Å²) in [5.74, 6) is 3.23. The second-order valence-corrected chi connectivity index (χ2v) is 8.07. The smallest absolute Gasteiger partial charge is 0.237 e. The van der Waals surface area contributed by atoms with E-state index in [9.17, 15) is 4.79 Å². The van der Waals surface area contributed by atoms with Crippen LogP contribution in [0.25, 0.3) is 0 Å². The van der Waals surface area contributed by atoms with Crippen LogP contribution < -0.4 is 5.32 Å². The van der Waals surface area contributed by atoms with Gasteiger partial charge in [-0.15, -0.1) is 0 Å². The number of piperidine rings is 1. The largest absolute Gasteiger partial charge is 0.350 e. The Morgan fingerprint density at radius 1 is 1.29 bits per heavy atom. The second-order valence-electron chi connectivity index (χ2n) is 8.07. The molecule has 134 valence electrons. The summed E-state index contributed by atoms with van der Waals surface area (Å²) in [6, 6.07) is -0.0754. The van der Waals surface area contributed by atoms with Crippen molar-refractivity contribution in [2.45, 2.75) is 83.2 Å². The molecule has 24 heavy (non-hydrogen) atoms. The van der Waals surface area contributed by atoms with Gasteiger partial charge in [-0.3, -0.25) is 14.8 Å². The van der Waals surface area contributed by atoms with Crippen LogP contribution >= 0.6 is 0 Å². The van der Waals surface area contributed by atoms with E-state index in [0.29, 0.717) is 11.8 Å². The number of hydrogen-bond donors (Lipinski definition) is 2. The SMILES string of the molecule is CCC(C)(C)NC(=O)[C@@H](C)N1CCC(c2nc(C3CC3)n[nH]2)CC1.